The van der Waals surface area contributed by atoms with Crippen LogP contribution in [0.1, 0.15) is 5.56 Å². The Bertz CT molecular complexity index is 639. The molecule has 0 aliphatic carbocycles. The standard InChI is InChI=1S/C14H13NO/c15-8-7-10-5-6-14-12(9-10)11-3-1-2-4-13(11)16-14/h1-6,9H,7-8,15H2/p+1. The van der Waals surface area contributed by atoms with Crippen molar-refractivity contribution in [2.24, 2.45) is 0 Å². The normalized spacial score (nSPS) is 11.3. The van der Waals surface area contributed by atoms with Crippen LogP contribution >= 0.6 is 0 Å². The largest absolute Gasteiger partial charge is 0.456 e. The summed E-state index contributed by atoms with van der Waals surface area (Å²) in [6.45, 7) is 0.932. The molecule has 0 bridgehead atoms. The van der Waals surface area contributed by atoms with Crippen molar-refractivity contribution in [1.29, 1.82) is 0 Å². The molecule has 0 radical (unpaired) electrons. The highest BCUT2D eigenvalue weighted by Crippen LogP contribution is 2.28. The lowest BCUT2D eigenvalue weighted by Crippen LogP contribution is -2.51. The number of hydrogen-bond acceptors (Lipinski definition) is 1. The molecule has 0 amide bonds. The highest BCUT2D eigenvalue weighted by atomic mass is 16.3. The van der Waals surface area contributed by atoms with Gasteiger partial charge in [0.05, 0.1) is 6.54 Å². The summed E-state index contributed by atoms with van der Waals surface area (Å²) in [6.07, 6.45) is 1.02. The first kappa shape index (κ1) is 9.43. The minimum atomic E-state index is 0.932. The minimum Gasteiger partial charge on any atom is -0.456 e. The van der Waals surface area contributed by atoms with Gasteiger partial charge in [-0.2, -0.15) is 0 Å². The summed E-state index contributed by atoms with van der Waals surface area (Å²) in [5, 5.41) is 2.41. The van der Waals surface area contributed by atoms with Gasteiger partial charge >= 0.3 is 0 Å². The van der Waals surface area contributed by atoms with Crippen molar-refractivity contribution in [1.82, 2.24) is 0 Å². The lowest BCUT2D eigenvalue weighted by Gasteiger charge is -1.96. The predicted molar refractivity (Wildman–Crippen MR) is 65.2 cm³/mol. The second-order valence-electron chi connectivity index (χ2n) is 4.03. The van der Waals surface area contributed by atoms with Gasteiger partial charge in [-0.15, -0.1) is 0 Å². The summed E-state index contributed by atoms with van der Waals surface area (Å²) in [4.78, 5) is 0. The first-order valence-electron chi connectivity index (χ1n) is 5.58. The van der Waals surface area contributed by atoms with Crippen molar-refractivity contribution in [3.63, 3.8) is 0 Å². The molecule has 0 saturated heterocycles. The van der Waals surface area contributed by atoms with Crippen LogP contribution in [-0.4, -0.2) is 6.54 Å². The molecular formula is C14H14NO+. The molecule has 0 fully saturated rings. The Morgan fingerprint density at radius 2 is 1.75 bits per heavy atom. The highest BCUT2D eigenvalue weighted by Gasteiger charge is 2.06. The average molecular weight is 212 g/mol. The second-order valence-corrected chi connectivity index (χ2v) is 4.03. The third kappa shape index (κ3) is 1.39. The van der Waals surface area contributed by atoms with E-state index in [2.05, 4.69) is 30.0 Å². The van der Waals surface area contributed by atoms with Gasteiger partial charge in [0.15, 0.2) is 0 Å². The molecule has 0 atom stereocenters. The Balaban J connectivity index is 2.31. The van der Waals surface area contributed by atoms with Crippen LogP contribution in [0.4, 0.5) is 0 Å². The van der Waals surface area contributed by atoms with E-state index in [1.807, 2.05) is 18.2 Å². The molecule has 80 valence electrons. The van der Waals surface area contributed by atoms with Gasteiger partial charge in [0.1, 0.15) is 11.2 Å². The topological polar surface area (TPSA) is 40.8 Å². The van der Waals surface area contributed by atoms with Crippen LogP contribution in [0.5, 0.6) is 0 Å². The van der Waals surface area contributed by atoms with E-state index in [0.717, 1.165) is 24.1 Å². The molecule has 0 spiro atoms. The fraction of sp³-hybridized carbons (Fsp3) is 0.143. The molecule has 2 aromatic carbocycles. The first-order chi connectivity index (χ1) is 7.88. The molecule has 1 heterocycles. The number of para-hydroxylation sites is 1. The van der Waals surface area contributed by atoms with Gasteiger partial charge < -0.3 is 10.2 Å². The maximum atomic E-state index is 5.77. The molecule has 1 aromatic heterocycles. The van der Waals surface area contributed by atoms with Gasteiger partial charge in [0.2, 0.25) is 0 Å². The van der Waals surface area contributed by atoms with E-state index in [9.17, 15) is 0 Å². The molecule has 3 aromatic rings. The lowest BCUT2D eigenvalue weighted by atomic mass is 10.1. The molecular weight excluding hydrogens is 198 g/mol. The Hall–Kier alpha value is -1.80. The molecule has 0 aliphatic heterocycles. The van der Waals surface area contributed by atoms with Crippen molar-refractivity contribution in [3.05, 3.63) is 48.0 Å². The number of fused-ring (bicyclic) bond motifs is 3. The zero-order valence-corrected chi connectivity index (χ0v) is 9.07. The van der Waals surface area contributed by atoms with Crippen LogP contribution in [0.25, 0.3) is 21.9 Å². The number of benzene rings is 2. The number of rotatable bonds is 2. The maximum absolute atomic E-state index is 5.77. The summed E-state index contributed by atoms with van der Waals surface area (Å²) in [5.41, 5.74) is 7.14. The van der Waals surface area contributed by atoms with E-state index >= 15 is 0 Å². The predicted octanol–water partition coefficient (Wildman–Crippen LogP) is 2.37. The van der Waals surface area contributed by atoms with E-state index in [1.54, 1.807) is 0 Å². The maximum Gasteiger partial charge on any atom is 0.135 e. The summed E-state index contributed by atoms with van der Waals surface area (Å²) >= 11 is 0. The summed E-state index contributed by atoms with van der Waals surface area (Å²) in [5.74, 6) is 0. The van der Waals surface area contributed by atoms with Crippen LogP contribution in [0.2, 0.25) is 0 Å². The molecule has 3 rings (SSSR count). The fourth-order valence-electron chi connectivity index (χ4n) is 2.13. The van der Waals surface area contributed by atoms with E-state index in [4.69, 9.17) is 4.42 Å². The third-order valence-corrected chi connectivity index (χ3v) is 2.91. The van der Waals surface area contributed by atoms with E-state index in [0.29, 0.717) is 0 Å². The number of furan rings is 1. The SMILES string of the molecule is [NH3+]CCc1ccc2oc3ccccc3c2c1. The van der Waals surface area contributed by atoms with Crippen molar-refractivity contribution in [3.8, 4) is 0 Å². The Kier molecular flexibility index (Phi) is 2.15. The smallest absolute Gasteiger partial charge is 0.135 e. The second kappa shape index (κ2) is 3.65. The molecule has 2 nitrogen and oxygen atoms in total. The van der Waals surface area contributed by atoms with Crippen molar-refractivity contribution in [2.45, 2.75) is 6.42 Å². The summed E-state index contributed by atoms with van der Waals surface area (Å²) in [6, 6.07) is 14.6. The Morgan fingerprint density at radius 3 is 2.62 bits per heavy atom. The lowest BCUT2D eigenvalue weighted by molar-refractivity contribution is -0.366. The molecule has 0 aliphatic rings. The molecule has 0 unspecified atom stereocenters. The zero-order valence-electron chi connectivity index (χ0n) is 9.07. The highest BCUT2D eigenvalue weighted by molar-refractivity contribution is 6.04. The third-order valence-electron chi connectivity index (χ3n) is 2.91. The zero-order chi connectivity index (χ0) is 11.0. The van der Waals surface area contributed by atoms with Crippen molar-refractivity contribution >= 4 is 21.9 Å². The van der Waals surface area contributed by atoms with Crippen LogP contribution in [0, 0.1) is 0 Å². The van der Waals surface area contributed by atoms with E-state index < -0.39 is 0 Å². The average Bonchev–Trinajstić information content (AvgIpc) is 2.68. The van der Waals surface area contributed by atoms with Gasteiger partial charge in [-0.3, -0.25) is 0 Å². The first-order valence-corrected chi connectivity index (χ1v) is 5.58. The van der Waals surface area contributed by atoms with Gasteiger partial charge in [-0.1, -0.05) is 24.3 Å². The van der Waals surface area contributed by atoms with Gasteiger partial charge in [0, 0.05) is 17.2 Å². The van der Waals surface area contributed by atoms with Crippen LogP contribution in [0.3, 0.4) is 0 Å². The van der Waals surface area contributed by atoms with Crippen LogP contribution < -0.4 is 5.73 Å². The van der Waals surface area contributed by atoms with E-state index in [1.165, 1.54) is 16.3 Å². The molecule has 3 N–H and O–H groups in total. The summed E-state index contributed by atoms with van der Waals surface area (Å²) < 4.78 is 5.77. The number of hydrogen-bond donors (Lipinski definition) is 1. The fourth-order valence-corrected chi connectivity index (χ4v) is 2.13. The van der Waals surface area contributed by atoms with Gasteiger partial charge in [-0.05, 0) is 23.8 Å². The Morgan fingerprint density at radius 1 is 0.938 bits per heavy atom. The quantitative estimate of drug-likeness (QED) is 0.696. The van der Waals surface area contributed by atoms with Crippen molar-refractivity contribution < 1.29 is 10.2 Å². The van der Waals surface area contributed by atoms with Gasteiger partial charge in [0.25, 0.3) is 0 Å². The van der Waals surface area contributed by atoms with Gasteiger partial charge in [-0.25, -0.2) is 0 Å². The van der Waals surface area contributed by atoms with Crippen LogP contribution in [-0.2, 0) is 6.42 Å². The van der Waals surface area contributed by atoms with E-state index in [-0.39, 0.29) is 0 Å². The molecule has 2 heteroatoms. The summed E-state index contributed by atoms with van der Waals surface area (Å²) in [7, 11) is 0. The number of quaternary nitrogens is 1. The minimum absolute atomic E-state index is 0.932. The Labute approximate surface area is 93.7 Å². The molecule has 16 heavy (non-hydrogen) atoms. The van der Waals surface area contributed by atoms with Crippen LogP contribution in [0.15, 0.2) is 46.9 Å². The molecule has 0 saturated carbocycles. The monoisotopic (exact) mass is 212 g/mol. The van der Waals surface area contributed by atoms with Crippen molar-refractivity contribution in [2.75, 3.05) is 6.54 Å².